The zero-order chi connectivity index (χ0) is 15.5. The lowest BCUT2D eigenvalue weighted by atomic mass is 10.2. The van der Waals surface area contributed by atoms with Crippen molar-refractivity contribution >= 4 is 17.5 Å². The number of hydrogen-bond donors (Lipinski definition) is 2. The SMILES string of the molecule is CCCNC(=O)COc1ccc(Cl)cc1CNCCOC. The monoisotopic (exact) mass is 314 g/mol. The average molecular weight is 315 g/mol. The summed E-state index contributed by atoms with van der Waals surface area (Å²) in [5, 5.41) is 6.64. The number of ether oxygens (including phenoxy) is 2. The minimum Gasteiger partial charge on any atom is -0.483 e. The van der Waals surface area contributed by atoms with Gasteiger partial charge in [0.15, 0.2) is 6.61 Å². The van der Waals surface area contributed by atoms with E-state index in [1.54, 1.807) is 19.2 Å². The normalized spacial score (nSPS) is 10.4. The van der Waals surface area contributed by atoms with Crippen LogP contribution in [0.4, 0.5) is 0 Å². The number of rotatable bonds is 10. The van der Waals surface area contributed by atoms with Crippen molar-refractivity contribution < 1.29 is 14.3 Å². The molecule has 0 aliphatic heterocycles. The van der Waals surface area contributed by atoms with Crippen molar-refractivity contribution in [1.82, 2.24) is 10.6 Å². The highest BCUT2D eigenvalue weighted by molar-refractivity contribution is 6.30. The second-order valence-corrected chi connectivity index (χ2v) is 5.00. The Morgan fingerprint density at radius 2 is 2.14 bits per heavy atom. The van der Waals surface area contributed by atoms with E-state index in [-0.39, 0.29) is 12.5 Å². The quantitative estimate of drug-likeness (QED) is 0.648. The highest BCUT2D eigenvalue weighted by Crippen LogP contribution is 2.22. The Kier molecular flexibility index (Phi) is 8.82. The van der Waals surface area contributed by atoms with Crippen LogP contribution in [0.1, 0.15) is 18.9 Å². The summed E-state index contributed by atoms with van der Waals surface area (Å²) in [7, 11) is 1.66. The summed E-state index contributed by atoms with van der Waals surface area (Å²) in [5.74, 6) is 0.543. The van der Waals surface area contributed by atoms with Gasteiger partial charge >= 0.3 is 0 Å². The van der Waals surface area contributed by atoms with Gasteiger partial charge < -0.3 is 20.1 Å². The van der Waals surface area contributed by atoms with Crippen LogP contribution in [-0.2, 0) is 16.1 Å². The number of amides is 1. The molecule has 1 aromatic rings. The van der Waals surface area contributed by atoms with Crippen LogP contribution in [0.5, 0.6) is 5.75 Å². The summed E-state index contributed by atoms with van der Waals surface area (Å²) in [6.45, 7) is 4.65. The number of benzene rings is 1. The van der Waals surface area contributed by atoms with Crippen LogP contribution in [0.3, 0.4) is 0 Å². The molecule has 118 valence electrons. The molecule has 0 atom stereocenters. The predicted octanol–water partition coefficient (Wildman–Crippen LogP) is 1.98. The lowest BCUT2D eigenvalue weighted by molar-refractivity contribution is -0.123. The van der Waals surface area contributed by atoms with Crippen LogP contribution in [0.25, 0.3) is 0 Å². The topological polar surface area (TPSA) is 59.6 Å². The summed E-state index contributed by atoms with van der Waals surface area (Å²) in [4.78, 5) is 11.6. The van der Waals surface area contributed by atoms with Crippen LogP contribution in [0.2, 0.25) is 5.02 Å². The Hall–Kier alpha value is -1.30. The first kappa shape index (κ1) is 17.8. The van der Waals surface area contributed by atoms with E-state index in [0.29, 0.717) is 30.5 Å². The largest absolute Gasteiger partial charge is 0.483 e. The Balaban J connectivity index is 2.53. The molecule has 1 aromatic carbocycles. The molecule has 5 nitrogen and oxygen atoms in total. The standard InChI is InChI=1S/C15H23ClN2O3/c1-3-6-18-15(19)11-21-14-5-4-13(16)9-12(14)10-17-7-8-20-2/h4-5,9,17H,3,6-8,10-11H2,1-2H3,(H,18,19). The van der Waals surface area contributed by atoms with Crippen LogP contribution in [0, 0.1) is 0 Å². The second kappa shape index (κ2) is 10.4. The van der Waals surface area contributed by atoms with Crippen molar-refractivity contribution in [3.8, 4) is 5.75 Å². The first-order valence-electron chi connectivity index (χ1n) is 7.05. The fourth-order valence-electron chi connectivity index (χ4n) is 1.68. The molecule has 2 N–H and O–H groups in total. The third-order valence-electron chi connectivity index (χ3n) is 2.75. The average Bonchev–Trinajstić information content (AvgIpc) is 2.48. The molecule has 0 saturated heterocycles. The summed E-state index contributed by atoms with van der Waals surface area (Å²) in [6, 6.07) is 5.36. The van der Waals surface area contributed by atoms with Crippen molar-refractivity contribution in [3.05, 3.63) is 28.8 Å². The van der Waals surface area contributed by atoms with Crippen molar-refractivity contribution in [1.29, 1.82) is 0 Å². The molecule has 1 rings (SSSR count). The van der Waals surface area contributed by atoms with Gasteiger partial charge in [-0.1, -0.05) is 18.5 Å². The van der Waals surface area contributed by atoms with E-state index in [0.717, 1.165) is 18.5 Å². The molecule has 0 unspecified atom stereocenters. The van der Waals surface area contributed by atoms with Gasteiger partial charge in [0.25, 0.3) is 5.91 Å². The smallest absolute Gasteiger partial charge is 0.257 e. The molecule has 0 aromatic heterocycles. The third-order valence-corrected chi connectivity index (χ3v) is 2.99. The van der Waals surface area contributed by atoms with E-state index in [2.05, 4.69) is 10.6 Å². The molecule has 0 fully saturated rings. The van der Waals surface area contributed by atoms with Crippen LogP contribution >= 0.6 is 11.6 Å². The summed E-state index contributed by atoms with van der Waals surface area (Å²) in [6.07, 6.45) is 0.904. The number of carbonyl (C=O) groups is 1. The molecule has 0 bridgehead atoms. The number of hydrogen-bond acceptors (Lipinski definition) is 4. The van der Waals surface area contributed by atoms with E-state index >= 15 is 0 Å². The van der Waals surface area contributed by atoms with Crippen LogP contribution < -0.4 is 15.4 Å². The molecule has 21 heavy (non-hydrogen) atoms. The van der Waals surface area contributed by atoms with E-state index in [1.165, 1.54) is 0 Å². The van der Waals surface area contributed by atoms with Crippen molar-refractivity contribution in [2.45, 2.75) is 19.9 Å². The molecule has 0 spiro atoms. The minimum atomic E-state index is -0.120. The summed E-state index contributed by atoms with van der Waals surface area (Å²) < 4.78 is 10.5. The zero-order valence-electron chi connectivity index (χ0n) is 12.6. The third kappa shape index (κ3) is 7.32. The molecule has 0 aliphatic rings. The minimum absolute atomic E-state index is 0.00665. The van der Waals surface area contributed by atoms with Gasteiger partial charge in [0, 0.05) is 37.3 Å². The maximum Gasteiger partial charge on any atom is 0.257 e. The van der Waals surface area contributed by atoms with Gasteiger partial charge in [0.05, 0.1) is 6.61 Å². The van der Waals surface area contributed by atoms with Gasteiger partial charge in [-0.3, -0.25) is 4.79 Å². The van der Waals surface area contributed by atoms with E-state index in [1.807, 2.05) is 13.0 Å². The fourth-order valence-corrected chi connectivity index (χ4v) is 1.88. The predicted molar refractivity (Wildman–Crippen MR) is 83.8 cm³/mol. The van der Waals surface area contributed by atoms with Gasteiger partial charge in [-0.25, -0.2) is 0 Å². The summed E-state index contributed by atoms with van der Waals surface area (Å²) >= 11 is 6.00. The molecular weight excluding hydrogens is 292 g/mol. The number of carbonyl (C=O) groups excluding carboxylic acids is 1. The van der Waals surface area contributed by atoms with Gasteiger partial charge in [-0.15, -0.1) is 0 Å². The van der Waals surface area contributed by atoms with Gasteiger partial charge in [0.2, 0.25) is 0 Å². The number of halogens is 1. The molecule has 0 heterocycles. The fraction of sp³-hybridized carbons (Fsp3) is 0.533. The molecular formula is C15H23ClN2O3. The molecule has 1 amide bonds. The van der Waals surface area contributed by atoms with Crippen LogP contribution in [0.15, 0.2) is 18.2 Å². The molecule has 0 aliphatic carbocycles. The molecule has 6 heteroatoms. The van der Waals surface area contributed by atoms with E-state index < -0.39 is 0 Å². The lowest BCUT2D eigenvalue weighted by Crippen LogP contribution is -2.29. The zero-order valence-corrected chi connectivity index (χ0v) is 13.3. The van der Waals surface area contributed by atoms with Gasteiger partial charge in [-0.05, 0) is 24.6 Å². The van der Waals surface area contributed by atoms with E-state index in [9.17, 15) is 4.79 Å². The Morgan fingerprint density at radius 1 is 1.33 bits per heavy atom. The number of methoxy groups -OCH3 is 1. The number of nitrogens with one attached hydrogen (secondary N) is 2. The Morgan fingerprint density at radius 3 is 2.86 bits per heavy atom. The van der Waals surface area contributed by atoms with Gasteiger partial charge in [-0.2, -0.15) is 0 Å². The van der Waals surface area contributed by atoms with Crippen molar-refractivity contribution in [3.63, 3.8) is 0 Å². The Labute approximate surface area is 131 Å². The van der Waals surface area contributed by atoms with Crippen molar-refractivity contribution in [2.24, 2.45) is 0 Å². The molecule has 0 radical (unpaired) electrons. The highest BCUT2D eigenvalue weighted by atomic mass is 35.5. The Bertz CT molecular complexity index is 441. The maximum atomic E-state index is 11.6. The highest BCUT2D eigenvalue weighted by Gasteiger charge is 2.07. The first-order valence-corrected chi connectivity index (χ1v) is 7.42. The molecule has 0 saturated carbocycles. The van der Waals surface area contributed by atoms with Gasteiger partial charge in [0.1, 0.15) is 5.75 Å². The van der Waals surface area contributed by atoms with Crippen LogP contribution in [-0.4, -0.2) is 39.3 Å². The van der Waals surface area contributed by atoms with Crippen molar-refractivity contribution in [2.75, 3.05) is 33.4 Å². The lowest BCUT2D eigenvalue weighted by Gasteiger charge is -2.12. The summed E-state index contributed by atoms with van der Waals surface area (Å²) in [5.41, 5.74) is 0.918. The maximum absolute atomic E-state index is 11.6. The second-order valence-electron chi connectivity index (χ2n) is 4.56. The first-order chi connectivity index (χ1) is 10.2. The van der Waals surface area contributed by atoms with E-state index in [4.69, 9.17) is 21.1 Å².